The van der Waals surface area contributed by atoms with Crippen LogP contribution in [0.4, 0.5) is 10.3 Å². The molecule has 33 heavy (non-hydrogen) atoms. The van der Waals surface area contributed by atoms with Crippen molar-refractivity contribution in [3.63, 3.8) is 0 Å². The van der Waals surface area contributed by atoms with E-state index in [1.165, 1.54) is 0 Å². The summed E-state index contributed by atoms with van der Waals surface area (Å²) in [6.45, 7) is 1.93. The Morgan fingerprint density at radius 1 is 1.27 bits per heavy atom. The van der Waals surface area contributed by atoms with Gasteiger partial charge in [-0.1, -0.05) is 0 Å². The summed E-state index contributed by atoms with van der Waals surface area (Å²) >= 11 is 0. The number of hydrogen-bond donors (Lipinski definition) is 2. The molecule has 2 fully saturated rings. The van der Waals surface area contributed by atoms with Crippen molar-refractivity contribution in [2.45, 2.75) is 49.9 Å². The highest BCUT2D eigenvalue weighted by Crippen LogP contribution is 2.42. The van der Waals surface area contributed by atoms with Gasteiger partial charge in [-0.3, -0.25) is 9.20 Å². The minimum atomic E-state index is -1.66. The fourth-order valence-electron chi connectivity index (χ4n) is 4.52. The van der Waals surface area contributed by atoms with Gasteiger partial charge in [0.05, 0.1) is 7.11 Å². The molecule has 0 spiro atoms. The SMILES string of the molecule is COc1nc(NC2CC(C)(NC(=O)C3(F)CC3)C2)nn2ccc(-c3cnc4nccn4c3)c12. The Morgan fingerprint density at radius 2 is 2.09 bits per heavy atom. The number of methoxy groups -OCH3 is 1. The third kappa shape index (κ3) is 3.35. The van der Waals surface area contributed by atoms with Crippen molar-refractivity contribution in [3.05, 3.63) is 37.1 Å². The smallest absolute Gasteiger partial charge is 0.258 e. The predicted octanol–water partition coefficient (Wildman–Crippen LogP) is 2.40. The van der Waals surface area contributed by atoms with Crippen LogP contribution < -0.4 is 15.4 Å². The Hall–Kier alpha value is -3.76. The van der Waals surface area contributed by atoms with Crippen molar-refractivity contribution < 1.29 is 13.9 Å². The number of aromatic nitrogens is 6. The lowest BCUT2D eigenvalue weighted by Gasteiger charge is -2.46. The molecular weight excluding hydrogens is 427 g/mol. The minimum Gasteiger partial charge on any atom is -0.479 e. The van der Waals surface area contributed by atoms with Crippen LogP contribution in [0.15, 0.2) is 37.1 Å². The Kier molecular flexibility index (Phi) is 4.14. The molecule has 170 valence electrons. The predicted molar refractivity (Wildman–Crippen MR) is 118 cm³/mol. The quantitative estimate of drug-likeness (QED) is 0.464. The molecule has 0 radical (unpaired) electrons. The molecule has 1 amide bonds. The van der Waals surface area contributed by atoms with Crippen molar-refractivity contribution >= 4 is 23.1 Å². The largest absolute Gasteiger partial charge is 0.479 e. The Bertz CT molecular complexity index is 1390. The molecule has 4 heterocycles. The molecule has 0 atom stereocenters. The number of anilines is 1. The number of carbonyl (C=O) groups excluding carboxylic acids is 1. The Morgan fingerprint density at radius 3 is 2.85 bits per heavy atom. The molecular formula is C22H23FN8O2. The van der Waals surface area contributed by atoms with Crippen LogP contribution in [0, 0.1) is 0 Å². The van der Waals surface area contributed by atoms with Crippen molar-refractivity contribution in [2.75, 3.05) is 12.4 Å². The highest BCUT2D eigenvalue weighted by atomic mass is 19.1. The number of alkyl halides is 1. The first kappa shape index (κ1) is 19.9. The number of fused-ring (bicyclic) bond motifs is 2. The van der Waals surface area contributed by atoms with Gasteiger partial charge >= 0.3 is 0 Å². The molecule has 2 saturated carbocycles. The number of nitrogens with zero attached hydrogens (tertiary/aromatic N) is 6. The van der Waals surface area contributed by atoms with Gasteiger partial charge in [0.25, 0.3) is 5.91 Å². The van der Waals surface area contributed by atoms with Crippen LogP contribution in [0.3, 0.4) is 0 Å². The summed E-state index contributed by atoms with van der Waals surface area (Å²) < 4.78 is 23.1. The number of imidazole rings is 1. The Labute approximate surface area is 188 Å². The number of amides is 1. The lowest BCUT2D eigenvalue weighted by Crippen LogP contribution is -2.61. The van der Waals surface area contributed by atoms with Crippen LogP contribution in [-0.4, -0.2) is 59.2 Å². The van der Waals surface area contributed by atoms with E-state index in [1.807, 2.05) is 36.0 Å². The maximum atomic E-state index is 14.0. The number of ether oxygens (including phenoxy) is 1. The van der Waals surface area contributed by atoms with E-state index < -0.39 is 17.1 Å². The summed E-state index contributed by atoms with van der Waals surface area (Å²) in [6, 6.07) is 2.01. The molecule has 4 aromatic heterocycles. The fraction of sp³-hybridized carbons (Fsp3) is 0.409. The van der Waals surface area contributed by atoms with Crippen molar-refractivity contribution in [1.82, 2.24) is 34.3 Å². The summed E-state index contributed by atoms with van der Waals surface area (Å²) in [7, 11) is 1.57. The van der Waals surface area contributed by atoms with Gasteiger partial charge < -0.3 is 15.4 Å². The van der Waals surface area contributed by atoms with Crippen LogP contribution in [0.5, 0.6) is 5.88 Å². The zero-order chi connectivity index (χ0) is 22.8. The van der Waals surface area contributed by atoms with Gasteiger partial charge in [0.15, 0.2) is 5.67 Å². The van der Waals surface area contributed by atoms with Crippen LogP contribution in [0.2, 0.25) is 0 Å². The van der Waals surface area contributed by atoms with E-state index >= 15 is 0 Å². The van der Waals surface area contributed by atoms with Gasteiger partial charge in [-0.15, -0.1) is 5.10 Å². The van der Waals surface area contributed by atoms with Crippen LogP contribution >= 0.6 is 0 Å². The first-order valence-corrected chi connectivity index (χ1v) is 10.9. The van der Waals surface area contributed by atoms with E-state index in [-0.39, 0.29) is 6.04 Å². The van der Waals surface area contributed by atoms with E-state index in [1.54, 1.807) is 24.0 Å². The Balaban J connectivity index is 1.22. The second-order valence-corrected chi connectivity index (χ2v) is 9.17. The second kappa shape index (κ2) is 6.87. The third-order valence-electron chi connectivity index (χ3n) is 6.47. The van der Waals surface area contributed by atoms with E-state index in [0.29, 0.717) is 43.3 Å². The molecule has 0 unspecified atom stereocenters. The van der Waals surface area contributed by atoms with Crippen LogP contribution in [-0.2, 0) is 4.79 Å². The molecule has 0 saturated heterocycles. The topological polar surface area (TPSA) is 111 Å². The fourth-order valence-corrected chi connectivity index (χ4v) is 4.52. The normalized spacial score (nSPS) is 23.3. The van der Waals surface area contributed by atoms with E-state index in [4.69, 9.17) is 4.74 Å². The van der Waals surface area contributed by atoms with E-state index in [0.717, 1.165) is 16.6 Å². The van der Waals surface area contributed by atoms with Gasteiger partial charge in [0.2, 0.25) is 17.6 Å². The lowest BCUT2D eigenvalue weighted by atomic mass is 9.74. The number of hydrogen-bond acceptors (Lipinski definition) is 7. The average molecular weight is 450 g/mol. The molecule has 2 aliphatic rings. The number of rotatable bonds is 6. The first-order chi connectivity index (χ1) is 15.9. The van der Waals surface area contributed by atoms with Gasteiger partial charge in [-0.2, -0.15) is 4.98 Å². The molecule has 0 aromatic carbocycles. The van der Waals surface area contributed by atoms with Gasteiger partial charge in [-0.25, -0.2) is 18.9 Å². The van der Waals surface area contributed by atoms with Gasteiger partial charge in [-0.05, 0) is 38.7 Å². The van der Waals surface area contributed by atoms with Crippen molar-refractivity contribution in [3.8, 4) is 17.0 Å². The molecule has 0 aliphatic heterocycles. The van der Waals surface area contributed by atoms with E-state index in [9.17, 15) is 9.18 Å². The summed E-state index contributed by atoms with van der Waals surface area (Å²) in [5, 5.41) is 10.8. The molecule has 6 rings (SSSR count). The summed E-state index contributed by atoms with van der Waals surface area (Å²) in [4.78, 5) is 25.2. The molecule has 10 nitrogen and oxygen atoms in total. The summed E-state index contributed by atoms with van der Waals surface area (Å²) in [5.41, 5.74) is 0.419. The molecule has 2 N–H and O–H groups in total. The van der Waals surface area contributed by atoms with Crippen molar-refractivity contribution in [1.29, 1.82) is 0 Å². The summed E-state index contributed by atoms with van der Waals surface area (Å²) in [5.74, 6) is 0.986. The highest BCUT2D eigenvalue weighted by Gasteiger charge is 2.54. The maximum Gasteiger partial charge on any atom is 0.258 e. The van der Waals surface area contributed by atoms with E-state index in [2.05, 4.69) is 30.7 Å². The third-order valence-corrected chi connectivity index (χ3v) is 6.47. The number of carbonyl (C=O) groups is 1. The highest BCUT2D eigenvalue weighted by molar-refractivity contribution is 5.88. The van der Waals surface area contributed by atoms with Crippen molar-refractivity contribution in [2.24, 2.45) is 0 Å². The average Bonchev–Trinajstić information content (AvgIpc) is 3.19. The number of nitrogens with one attached hydrogen (secondary N) is 2. The second-order valence-electron chi connectivity index (χ2n) is 9.17. The molecule has 11 heteroatoms. The van der Waals surface area contributed by atoms with Gasteiger partial charge in [0.1, 0.15) is 5.52 Å². The zero-order valence-electron chi connectivity index (χ0n) is 18.2. The maximum absolute atomic E-state index is 14.0. The molecule has 0 bridgehead atoms. The minimum absolute atomic E-state index is 0.0649. The monoisotopic (exact) mass is 450 g/mol. The summed E-state index contributed by atoms with van der Waals surface area (Å²) in [6.07, 6.45) is 11.0. The first-order valence-electron chi connectivity index (χ1n) is 10.9. The zero-order valence-corrected chi connectivity index (χ0v) is 18.2. The molecule has 2 aliphatic carbocycles. The lowest BCUT2D eigenvalue weighted by molar-refractivity contribution is -0.130. The van der Waals surface area contributed by atoms with Crippen LogP contribution in [0.25, 0.3) is 22.4 Å². The van der Waals surface area contributed by atoms with Crippen LogP contribution in [0.1, 0.15) is 32.6 Å². The number of halogens is 1. The van der Waals surface area contributed by atoms with Gasteiger partial charge in [0, 0.05) is 53.7 Å². The standard InChI is InChI=1S/C22H23FN8O2/c1-21(28-18(32)22(23)4-5-22)9-14(10-21)26-19-27-17(33-2)16-15(3-7-31(16)29-19)13-11-25-20-24-6-8-30(20)12-13/h3,6-8,11-12,14H,4-5,9-10H2,1-2H3,(H,26,29)(H,28,32). The molecule has 4 aromatic rings.